The number of rotatable bonds is 8. The van der Waals surface area contributed by atoms with Crippen molar-refractivity contribution in [3.8, 4) is 0 Å². The van der Waals surface area contributed by atoms with Crippen LogP contribution in [0.5, 0.6) is 0 Å². The number of hydrogen-bond donors (Lipinski definition) is 0. The molecule has 0 atom stereocenters. The molecule has 5 nitrogen and oxygen atoms in total. The average molecular weight is 446 g/mol. The van der Waals surface area contributed by atoms with Crippen molar-refractivity contribution in [3.05, 3.63) is 88.0 Å². The van der Waals surface area contributed by atoms with Gasteiger partial charge in [0.1, 0.15) is 5.70 Å². The molecule has 6 heteroatoms. The van der Waals surface area contributed by atoms with Crippen LogP contribution in [-0.2, 0) is 16.0 Å². The maximum atomic E-state index is 13.7. The Kier molecular flexibility index (Phi) is 6.51. The van der Waals surface area contributed by atoms with E-state index in [2.05, 4.69) is 18.8 Å². The van der Waals surface area contributed by atoms with Crippen LogP contribution in [0.15, 0.2) is 72.0 Å². The Hall–Kier alpha value is -3.25. The molecule has 0 fully saturated rings. The third-order valence-electron chi connectivity index (χ3n) is 5.76. The fraction of sp³-hybridized carbons (Fsp3) is 0.269. The Morgan fingerprint density at radius 3 is 2.31 bits per heavy atom. The van der Waals surface area contributed by atoms with Gasteiger partial charge < -0.3 is 4.90 Å². The van der Waals surface area contributed by atoms with E-state index < -0.39 is 0 Å². The van der Waals surface area contributed by atoms with E-state index in [0.29, 0.717) is 36.0 Å². The highest BCUT2D eigenvalue weighted by atomic mass is 32.1. The number of likely N-dealkylation sites (N-methyl/N-ethyl adjacent to an activating group) is 1. The second kappa shape index (κ2) is 9.49. The largest absolute Gasteiger partial charge is 0.366 e. The summed E-state index contributed by atoms with van der Waals surface area (Å²) in [6, 6.07) is 15.5. The van der Waals surface area contributed by atoms with Gasteiger partial charge in [0, 0.05) is 30.4 Å². The molecule has 3 heterocycles. The molecule has 3 aromatic rings. The van der Waals surface area contributed by atoms with Crippen LogP contribution in [-0.4, -0.2) is 34.8 Å². The van der Waals surface area contributed by atoms with Gasteiger partial charge in [-0.15, -0.1) is 11.3 Å². The molecule has 0 N–H and O–H groups in total. The summed E-state index contributed by atoms with van der Waals surface area (Å²) in [7, 11) is 0. The van der Waals surface area contributed by atoms with E-state index in [0.717, 1.165) is 16.9 Å². The summed E-state index contributed by atoms with van der Waals surface area (Å²) in [6.45, 7) is 7.54. The normalized spacial score (nSPS) is 14.1. The van der Waals surface area contributed by atoms with Crippen LogP contribution in [0.2, 0.25) is 0 Å². The molecular weight excluding hydrogens is 418 g/mol. The van der Waals surface area contributed by atoms with Crippen molar-refractivity contribution in [3.63, 3.8) is 0 Å². The van der Waals surface area contributed by atoms with Gasteiger partial charge in [0.25, 0.3) is 11.8 Å². The molecular formula is C26H27N3O2S. The summed E-state index contributed by atoms with van der Waals surface area (Å²) in [5.41, 5.74) is 3.91. The van der Waals surface area contributed by atoms with Crippen LogP contribution in [0.25, 0.3) is 5.57 Å². The molecule has 1 aliphatic rings. The highest BCUT2D eigenvalue weighted by molar-refractivity contribution is 7.11. The zero-order chi connectivity index (χ0) is 22.7. The van der Waals surface area contributed by atoms with E-state index in [1.165, 1.54) is 21.8 Å². The Balaban J connectivity index is 1.69. The number of thiophene rings is 1. The number of anilines is 1. The van der Waals surface area contributed by atoms with Crippen molar-refractivity contribution in [2.45, 2.75) is 33.1 Å². The number of hydrogen-bond acceptors (Lipinski definition) is 5. The lowest BCUT2D eigenvalue weighted by Gasteiger charge is -2.24. The van der Waals surface area contributed by atoms with Gasteiger partial charge in [-0.25, -0.2) is 4.90 Å². The Morgan fingerprint density at radius 2 is 1.72 bits per heavy atom. The van der Waals surface area contributed by atoms with E-state index in [1.54, 1.807) is 12.4 Å². The van der Waals surface area contributed by atoms with Crippen LogP contribution in [0.1, 0.15) is 42.7 Å². The minimum atomic E-state index is -0.257. The summed E-state index contributed by atoms with van der Waals surface area (Å²) < 4.78 is 0. The molecule has 0 saturated heterocycles. The molecule has 4 rings (SSSR count). The minimum absolute atomic E-state index is 0.257. The zero-order valence-electron chi connectivity index (χ0n) is 18.6. The molecule has 32 heavy (non-hydrogen) atoms. The van der Waals surface area contributed by atoms with Crippen molar-refractivity contribution >= 4 is 34.4 Å². The first-order valence-corrected chi connectivity index (χ1v) is 11.8. The quantitative estimate of drug-likeness (QED) is 0.452. The lowest BCUT2D eigenvalue weighted by Crippen LogP contribution is -2.36. The number of amides is 2. The number of carbonyl (C=O) groups excluding carboxylic acids is 2. The third-order valence-corrected chi connectivity index (χ3v) is 6.65. The van der Waals surface area contributed by atoms with Gasteiger partial charge in [-0.05, 0) is 66.1 Å². The first kappa shape index (κ1) is 22.0. The molecule has 0 saturated carbocycles. The number of carbonyl (C=O) groups is 2. The van der Waals surface area contributed by atoms with Gasteiger partial charge >= 0.3 is 0 Å². The first-order chi connectivity index (χ1) is 15.5. The third kappa shape index (κ3) is 4.23. The summed E-state index contributed by atoms with van der Waals surface area (Å²) >= 11 is 1.48. The molecule has 0 spiro atoms. The zero-order valence-corrected chi connectivity index (χ0v) is 19.4. The Morgan fingerprint density at radius 1 is 1.00 bits per heavy atom. The minimum Gasteiger partial charge on any atom is -0.366 e. The highest BCUT2D eigenvalue weighted by Gasteiger charge is 2.42. The molecule has 2 aromatic heterocycles. The SMILES string of the molecule is CCN(CCc1ccncc1)C1=C(c2cccs2)C(=O)N(c2ccc(C(C)C)cc2)C1=O. The van der Waals surface area contributed by atoms with Gasteiger partial charge in [0.2, 0.25) is 0 Å². The second-order valence-corrected chi connectivity index (χ2v) is 9.03. The predicted molar refractivity (Wildman–Crippen MR) is 129 cm³/mol. The summed E-state index contributed by atoms with van der Waals surface area (Å²) in [5.74, 6) is -0.132. The molecule has 0 bridgehead atoms. The summed E-state index contributed by atoms with van der Waals surface area (Å²) in [5, 5.41) is 1.94. The standard InChI is InChI=1S/C26H27N3O2S/c1-4-28(16-13-19-11-14-27-15-12-19)24-23(22-6-5-17-32-22)25(30)29(26(24)31)21-9-7-20(8-10-21)18(2)3/h5-12,14-15,17-18H,4,13,16H2,1-3H3. The van der Waals surface area contributed by atoms with Crippen LogP contribution < -0.4 is 4.90 Å². The van der Waals surface area contributed by atoms with E-state index >= 15 is 0 Å². The topological polar surface area (TPSA) is 53.5 Å². The van der Waals surface area contributed by atoms with Crippen LogP contribution >= 0.6 is 11.3 Å². The van der Waals surface area contributed by atoms with E-state index in [9.17, 15) is 9.59 Å². The van der Waals surface area contributed by atoms with E-state index in [-0.39, 0.29) is 11.8 Å². The van der Waals surface area contributed by atoms with Gasteiger partial charge in [-0.3, -0.25) is 14.6 Å². The smallest absolute Gasteiger partial charge is 0.282 e. The molecule has 1 aliphatic heterocycles. The predicted octanol–water partition coefficient (Wildman–Crippen LogP) is 5.12. The fourth-order valence-corrected chi connectivity index (χ4v) is 4.70. The van der Waals surface area contributed by atoms with E-state index in [1.807, 2.05) is 65.7 Å². The molecule has 0 radical (unpaired) electrons. The van der Waals surface area contributed by atoms with Crippen LogP contribution in [0.4, 0.5) is 5.69 Å². The van der Waals surface area contributed by atoms with Gasteiger partial charge in [0.15, 0.2) is 0 Å². The van der Waals surface area contributed by atoms with Crippen molar-refractivity contribution in [2.24, 2.45) is 0 Å². The lowest BCUT2D eigenvalue weighted by molar-refractivity contribution is -0.120. The highest BCUT2D eigenvalue weighted by Crippen LogP contribution is 2.36. The maximum Gasteiger partial charge on any atom is 0.282 e. The number of pyridine rings is 1. The van der Waals surface area contributed by atoms with Crippen molar-refractivity contribution in [1.29, 1.82) is 0 Å². The van der Waals surface area contributed by atoms with Crippen LogP contribution in [0, 0.1) is 0 Å². The number of nitrogens with zero attached hydrogens (tertiary/aromatic N) is 3. The van der Waals surface area contributed by atoms with Gasteiger partial charge in [0.05, 0.1) is 11.3 Å². The average Bonchev–Trinajstić information content (AvgIpc) is 3.41. The monoisotopic (exact) mass is 445 g/mol. The van der Waals surface area contributed by atoms with Crippen LogP contribution in [0.3, 0.4) is 0 Å². The molecule has 0 unspecified atom stereocenters. The Bertz CT molecular complexity index is 1120. The number of aromatic nitrogens is 1. The second-order valence-electron chi connectivity index (χ2n) is 8.08. The molecule has 1 aromatic carbocycles. The van der Waals surface area contributed by atoms with Gasteiger partial charge in [-0.2, -0.15) is 0 Å². The van der Waals surface area contributed by atoms with Crippen molar-refractivity contribution in [2.75, 3.05) is 18.0 Å². The van der Waals surface area contributed by atoms with Crippen molar-refractivity contribution < 1.29 is 9.59 Å². The first-order valence-electron chi connectivity index (χ1n) is 10.9. The maximum absolute atomic E-state index is 13.7. The fourth-order valence-electron chi connectivity index (χ4n) is 3.94. The molecule has 164 valence electrons. The van der Waals surface area contributed by atoms with Gasteiger partial charge in [-0.1, -0.05) is 32.0 Å². The van der Waals surface area contributed by atoms with Crippen molar-refractivity contribution in [1.82, 2.24) is 9.88 Å². The number of imide groups is 1. The Labute approximate surface area is 193 Å². The summed E-state index contributed by atoms with van der Waals surface area (Å²) in [6.07, 6.45) is 4.31. The molecule has 2 amide bonds. The summed E-state index contributed by atoms with van der Waals surface area (Å²) in [4.78, 5) is 35.5. The van der Waals surface area contributed by atoms with E-state index in [4.69, 9.17) is 0 Å². The lowest BCUT2D eigenvalue weighted by atomic mass is 10.0. The molecule has 0 aliphatic carbocycles. The number of benzene rings is 1.